The molecule has 4 aromatic carbocycles. The van der Waals surface area contributed by atoms with Crippen LogP contribution in [0.2, 0.25) is 0 Å². The number of rotatable bonds is 6. The molecule has 1 aliphatic rings. The van der Waals surface area contributed by atoms with E-state index < -0.39 is 0 Å². The Bertz CT molecular complexity index is 1350. The van der Waals surface area contributed by atoms with Crippen LogP contribution in [0.3, 0.4) is 0 Å². The van der Waals surface area contributed by atoms with Crippen LogP contribution in [-0.4, -0.2) is 43.9 Å². The van der Waals surface area contributed by atoms with E-state index in [2.05, 4.69) is 0 Å². The van der Waals surface area contributed by atoms with Crippen LogP contribution in [0.25, 0.3) is 0 Å². The maximum Gasteiger partial charge on any atom is 0.128 e. The number of phenolic OH excluding ortho intramolecular Hbond substituents is 4. The Morgan fingerprint density at radius 1 is 0.526 bits per heavy atom. The lowest BCUT2D eigenvalue weighted by Crippen LogP contribution is -2.30. The van der Waals surface area contributed by atoms with Crippen molar-refractivity contribution in [3.8, 4) is 23.0 Å². The SMILES string of the molecule is Oc1ccc(/C(=N/C2CCCCC2/N=C(\c2ccccc2)c2ccc(O)cc2O)c2ccccc2)c(O)c1. The summed E-state index contributed by atoms with van der Waals surface area (Å²) in [6, 6.07) is 28.2. The zero-order valence-electron chi connectivity index (χ0n) is 20.9. The molecule has 0 bridgehead atoms. The molecule has 0 aromatic heterocycles. The minimum absolute atomic E-state index is 0.0139. The predicted octanol–water partition coefficient (Wildman–Crippen LogP) is 6.20. The topological polar surface area (TPSA) is 106 Å². The van der Waals surface area contributed by atoms with Crippen LogP contribution in [0.4, 0.5) is 0 Å². The standard InChI is InChI=1S/C32H30N2O4/c35-23-15-17-25(29(37)19-23)31(21-9-3-1-4-10-21)33-27-13-7-8-14-28(27)34-32(22-11-5-2-6-12-22)26-18-16-24(36)20-30(26)38/h1-6,9-12,15-20,27-28,35-38H,7-8,13-14H2/b33-31+,34-32+. The maximum absolute atomic E-state index is 10.7. The van der Waals surface area contributed by atoms with Gasteiger partial charge in [-0.3, -0.25) is 9.98 Å². The Labute approximate surface area is 221 Å². The highest BCUT2D eigenvalue weighted by Crippen LogP contribution is 2.32. The third-order valence-corrected chi connectivity index (χ3v) is 6.85. The number of aromatic hydroxyl groups is 4. The normalized spacial score (nSPS) is 18.3. The third-order valence-electron chi connectivity index (χ3n) is 6.85. The number of hydrogen-bond donors (Lipinski definition) is 4. The first-order chi connectivity index (χ1) is 18.5. The van der Waals surface area contributed by atoms with Gasteiger partial charge in [0.25, 0.3) is 0 Å². The van der Waals surface area contributed by atoms with Gasteiger partial charge in [-0.05, 0) is 37.1 Å². The van der Waals surface area contributed by atoms with Crippen molar-refractivity contribution in [2.45, 2.75) is 37.8 Å². The van der Waals surface area contributed by atoms with Gasteiger partial charge >= 0.3 is 0 Å². The molecule has 1 saturated carbocycles. The number of hydrogen-bond acceptors (Lipinski definition) is 6. The molecule has 4 N–H and O–H groups in total. The quantitative estimate of drug-likeness (QED) is 0.234. The van der Waals surface area contributed by atoms with Crippen molar-refractivity contribution in [1.82, 2.24) is 0 Å². The van der Waals surface area contributed by atoms with Crippen molar-refractivity contribution in [1.29, 1.82) is 0 Å². The Kier molecular flexibility index (Phi) is 7.40. The first-order valence-electron chi connectivity index (χ1n) is 12.8. The van der Waals surface area contributed by atoms with Gasteiger partial charge in [-0.15, -0.1) is 0 Å². The van der Waals surface area contributed by atoms with Crippen LogP contribution in [0.15, 0.2) is 107 Å². The Morgan fingerprint density at radius 2 is 0.921 bits per heavy atom. The zero-order chi connectivity index (χ0) is 26.5. The van der Waals surface area contributed by atoms with Crippen LogP contribution in [0.1, 0.15) is 47.9 Å². The van der Waals surface area contributed by atoms with Gasteiger partial charge in [0, 0.05) is 34.4 Å². The highest BCUT2D eigenvalue weighted by molar-refractivity contribution is 6.15. The molecule has 0 spiro atoms. The highest BCUT2D eigenvalue weighted by Gasteiger charge is 2.27. The lowest BCUT2D eigenvalue weighted by Gasteiger charge is -2.28. The van der Waals surface area contributed by atoms with Gasteiger partial charge in [0.15, 0.2) is 0 Å². The monoisotopic (exact) mass is 506 g/mol. The van der Waals surface area contributed by atoms with Crippen LogP contribution >= 0.6 is 0 Å². The summed E-state index contributed by atoms with van der Waals surface area (Å²) < 4.78 is 0. The van der Waals surface area contributed by atoms with E-state index in [0.29, 0.717) is 22.6 Å². The van der Waals surface area contributed by atoms with E-state index in [0.717, 1.165) is 36.8 Å². The largest absolute Gasteiger partial charge is 0.508 e. The predicted molar refractivity (Wildman–Crippen MR) is 150 cm³/mol. The third kappa shape index (κ3) is 5.54. The molecule has 5 rings (SSSR count). The second kappa shape index (κ2) is 11.2. The molecular formula is C32H30N2O4. The second-order valence-corrected chi connectivity index (χ2v) is 9.51. The highest BCUT2D eigenvalue weighted by atomic mass is 16.3. The van der Waals surface area contributed by atoms with Gasteiger partial charge < -0.3 is 20.4 Å². The molecule has 2 atom stereocenters. The van der Waals surface area contributed by atoms with Crippen molar-refractivity contribution in [2.24, 2.45) is 9.98 Å². The Morgan fingerprint density at radius 3 is 1.29 bits per heavy atom. The summed E-state index contributed by atoms with van der Waals surface area (Å²) in [5, 5.41) is 41.1. The van der Waals surface area contributed by atoms with E-state index in [-0.39, 0.29) is 35.1 Å². The molecule has 6 nitrogen and oxygen atoms in total. The minimum atomic E-state index is -0.162. The van der Waals surface area contributed by atoms with E-state index in [1.165, 1.54) is 12.1 Å². The first kappa shape index (κ1) is 25.1. The Hall–Kier alpha value is -4.58. The average molecular weight is 507 g/mol. The fourth-order valence-electron chi connectivity index (χ4n) is 4.96. The van der Waals surface area contributed by atoms with Crippen LogP contribution in [0, 0.1) is 0 Å². The summed E-state index contributed by atoms with van der Waals surface area (Å²) in [6.45, 7) is 0. The van der Waals surface area contributed by atoms with Crippen molar-refractivity contribution in [2.75, 3.05) is 0 Å². The minimum Gasteiger partial charge on any atom is -0.508 e. The molecule has 0 amide bonds. The lowest BCUT2D eigenvalue weighted by molar-refractivity contribution is 0.388. The molecular weight excluding hydrogens is 476 g/mol. The molecule has 0 radical (unpaired) electrons. The summed E-state index contributed by atoms with van der Waals surface area (Å²) in [7, 11) is 0. The Balaban J connectivity index is 1.63. The molecule has 192 valence electrons. The number of benzene rings is 4. The fraction of sp³-hybridized carbons (Fsp3) is 0.188. The molecule has 6 heteroatoms. The molecule has 4 aromatic rings. The summed E-state index contributed by atoms with van der Waals surface area (Å²) in [4.78, 5) is 10.4. The molecule has 0 saturated heterocycles. The zero-order valence-corrected chi connectivity index (χ0v) is 20.9. The summed E-state index contributed by atoms with van der Waals surface area (Å²) in [6.07, 6.45) is 3.67. The van der Waals surface area contributed by atoms with Crippen molar-refractivity contribution in [3.05, 3.63) is 119 Å². The fourth-order valence-corrected chi connectivity index (χ4v) is 4.96. The summed E-state index contributed by atoms with van der Waals surface area (Å²) in [5.41, 5.74) is 4.10. The lowest BCUT2D eigenvalue weighted by atomic mass is 9.89. The van der Waals surface area contributed by atoms with Crippen molar-refractivity contribution in [3.63, 3.8) is 0 Å². The summed E-state index contributed by atoms with van der Waals surface area (Å²) >= 11 is 0. The van der Waals surface area contributed by atoms with E-state index >= 15 is 0 Å². The van der Waals surface area contributed by atoms with Crippen LogP contribution in [0.5, 0.6) is 23.0 Å². The van der Waals surface area contributed by atoms with Gasteiger partial charge in [0.1, 0.15) is 23.0 Å². The van der Waals surface area contributed by atoms with Gasteiger partial charge in [-0.2, -0.15) is 0 Å². The first-order valence-corrected chi connectivity index (χ1v) is 12.8. The van der Waals surface area contributed by atoms with Crippen LogP contribution < -0.4 is 0 Å². The molecule has 1 fully saturated rings. The molecule has 1 aliphatic carbocycles. The van der Waals surface area contributed by atoms with Gasteiger partial charge in [0.2, 0.25) is 0 Å². The smallest absolute Gasteiger partial charge is 0.128 e. The van der Waals surface area contributed by atoms with Gasteiger partial charge in [0.05, 0.1) is 23.5 Å². The molecule has 38 heavy (non-hydrogen) atoms. The van der Waals surface area contributed by atoms with E-state index in [1.54, 1.807) is 24.3 Å². The molecule has 2 unspecified atom stereocenters. The molecule has 0 heterocycles. The van der Waals surface area contributed by atoms with Crippen LogP contribution in [-0.2, 0) is 0 Å². The van der Waals surface area contributed by atoms with Crippen molar-refractivity contribution < 1.29 is 20.4 Å². The number of nitrogens with zero attached hydrogens (tertiary/aromatic N) is 2. The molecule has 0 aliphatic heterocycles. The van der Waals surface area contributed by atoms with E-state index in [9.17, 15) is 20.4 Å². The number of phenols is 4. The summed E-state index contributed by atoms with van der Waals surface area (Å²) in [5.74, 6) is -0.107. The second-order valence-electron chi connectivity index (χ2n) is 9.51. The van der Waals surface area contributed by atoms with E-state index in [1.807, 2.05) is 60.7 Å². The van der Waals surface area contributed by atoms with Crippen molar-refractivity contribution >= 4 is 11.4 Å². The van der Waals surface area contributed by atoms with E-state index in [4.69, 9.17) is 9.98 Å². The van der Waals surface area contributed by atoms with Gasteiger partial charge in [-0.1, -0.05) is 73.5 Å². The average Bonchev–Trinajstić information content (AvgIpc) is 2.93. The maximum atomic E-state index is 10.7. The number of aliphatic imine (C=N–C) groups is 2. The van der Waals surface area contributed by atoms with Gasteiger partial charge in [-0.25, -0.2) is 0 Å².